The Morgan fingerprint density at radius 2 is 1.94 bits per heavy atom. The fourth-order valence-corrected chi connectivity index (χ4v) is 4.87. The average Bonchev–Trinajstić information content (AvgIpc) is 3.61. The van der Waals surface area contributed by atoms with Gasteiger partial charge in [-0.2, -0.15) is 0 Å². The van der Waals surface area contributed by atoms with Crippen LogP contribution in [0.25, 0.3) is 0 Å². The third-order valence-electron chi connectivity index (χ3n) is 7.03. The van der Waals surface area contributed by atoms with Crippen LogP contribution >= 0.6 is 0 Å². The van der Waals surface area contributed by atoms with Crippen LogP contribution in [0.15, 0.2) is 30.6 Å². The second-order valence-electron chi connectivity index (χ2n) is 9.66. The number of halogens is 1. The molecule has 0 spiro atoms. The highest BCUT2D eigenvalue weighted by atomic mass is 19.1. The summed E-state index contributed by atoms with van der Waals surface area (Å²) in [5, 5.41) is 0. The number of aromatic nitrogens is 2. The fraction of sp³-hybridized carbons (Fsp3) is 0.577. The maximum absolute atomic E-state index is 14.3. The van der Waals surface area contributed by atoms with Crippen molar-refractivity contribution in [2.45, 2.75) is 38.7 Å². The van der Waals surface area contributed by atoms with E-state index in [4.69, 9.17) is 9.47 Å². The summed E-state index contributed by atoms with van der Waals surface area (Å²) in [4.78, 5) is 24.5. The van der Waals surface area contributed by atoms with E-state index < -0.39 is 0 Å². The molecule has 1 amide bonds. The monoisotopic (exact) mass is 470 g/mol. The molecule has 184 valence electrons. The number of amides is 1. The molecule has 0 unspecified atom stereocenters. The molecule has 4 rings (SSSR count). The molecule has 1 aliphatic carbocycles. The minimum absolute atomic E-state index is 0.0624. The molecule has 2 aliphatic rings. The third kappa shape index (κ3) is 6.23. The number of carbonyl (C=O) groups excluding carboxylic acids is 1. The Labute approximate surface area is 201 Å². The van der Waals surface area contributed by atoms with Gasteiger partial charge in [0.25, 0.3) is 0 Å². The van der Waals surface area contributed by atoms with Gasteiger partial charge in [0.15, 0.2) is 0 Å². The molecule has 0 bridgehead atoms. The number of benzene rings is 1. The van der Waals surface area contributed by atoms with Gasteiger partial charge >= 0.3 is 0 Å². The molecule has 0 N–H and O–H groups in total. The van der Waals surface area contributed by atoms with Crippen molar-refractivity contribution in [3.63, 3.8) is 0 Å². The highest BCUT2D eigenvalue weighted by Crippen LogP contribution is 2.49. The zero-order chi connectivity index (χ0) is 24.1. The number of carbonyl (C=O) groups is 1. The molecule has 2 aromatic rings. The number of methoxy groups -OCH3 is 1. The van der Waals surface area contributed by atoms with Crippen LogP contribution in [0, 0.1) is 23.6 Å². The lowest BCUT2D eigenvalue weighted by Gasteiger charge is -2.32. The summed E-state index contributed by atoms with van der Waals surface area (Å²) in [5.41, 5.74) is 1.39. The molecule has 1 aromatic heterocycles. The Kier molecular flexibility index (Phi) is 7.98. The minimum Gasteiger partial charge on any atom is -0.493 e. The smallest absolute Gasteiger partial charge is 0.226 e. The maximum Gasteiger partial charge on any atom is 0.226 e. The molecule has 2 heterocycles. The van der Waals surface area contributed by atoms with Gasteiger partial charge in [0.05, 0.1) is 19.6 Å². The Balaban J connectivity index is 1.16. The van der Waals surface area contributed by atoms with E-state index in [9.17, 15) is 9.18 Å². The number of likely N-dealkylation sites (N-methyl/N-ethyl adjacent to an activating group) is 1. The highest BCUT2D eigenvalue weighted by molar-refractivity contribution is 5.78. The lowest BCUT2D eigenvalue weighted by Crippen LogP contribution is -2.35. The molecule has 1 saturated carbocycles. The number of rotatable bonds is 10. The van der Waals surface area contributed by atoms with E-state index in [1.165, 1.54) is 30.2 Å². The van der Waals surface area contributed by atoms with Gasteiger partial charge in [0.2, 0.25) is 11.9 Å². The van der Waals surface area contributed by atoms with Crippen LogP contribution < -0.4 is 9.64 Å². The van der Waals surface area contributed by atoms with Crippen LogP contribution in [0.1, 0.15) is 36.8 Å². The van der Waals surface area contributed by atoms with E-state index >= 15 is 0 Å². The Morgan fingerprint density at radius 3 is 2.59 bits per heavy atom. The molecular formula is C26H35FN4O3. The van der Waals surface area contributed by atoms with Crippen LogP contribution in [0.5, 0.6) is 5.75 Å². The van der Waals surface area contributed by atoms with Gasteiger partial charge in [-0.15, -0.1) is 0 Å². The summed E-state index contributed by atoms with van der Waals surface area (Å²) >= 11 is 0. The van der Waals surface area contributed by atoms with Gasteiger partial charge in [0, 0.05) is 58.3 Å². The van der Waals surface area contributed by atoms with E-state index in [0.29, 0.717) is 30.4 Å². The number of nitrogens with zero attached hydrogens (tertiary/aromatic N) is 4. The third-order valence-corrected chi connectivity index (χ3v) is 7.03. The van der Waals surface area contributed by atoms with Crippen molar-refractivity contribution in [1.82, 2.24) is 14.9 Å². The number of anilines is 1. The number of hydrogen-bond acceptors (Lipinski definition) is 6. The Morgan fingerprint density at radius 1 is 1.21 bits per heavy atom. The fourth-order valence-electron chi connectivity index (χ4n) is 4.87. The quantitative estimate of drug-likeness (QED) is 0.527. The lowest BCUT2D eigenvalue weighted by atomic mass is 9.90. The first-order chi connectivity index (χ1) is 16.4. The molecular weight excluding hydrogens is 435 g/mol. The van der Waals surface area contributed by atoms with Gasteiger partial charge < -0.3 is 19.3 Å². The first-order valence-corrected chi connectivity index (χ1v) is 12.1. The first-order valence-electron chi connectivity index (χ1n) is 12.1. The SMILES string of the molecule is COCc1cnc(N2CCC([C@@H]3C[C@H]3CCOc3ccc(CC(=O)N(C)C)c(F)c3)CC2)nc1. The van der Waals surface area contributed by atoms with Gasteiger partial charge in [-0.3, -0.25) is 4.79 Å². The van der Waals surface area contributed by atoms with Crippen LogP contribution in [0.3, 0.4) is 0 Å². The number of ether oxygens (including phenoxy) is 2. The first kappa shape index (κ1) is 24.4. The maximum atomic E-state index is 14.3. The highest BCUT2D eigenvalue weighted by Gasteiger charge is 2.43. The number of hydrogen-bond donors (Lipinski definition) is 0. The molecule has 0 radical (unpaired) electrons. The summed E-state index contributed by atoms with van der Waals surface area (Å²) in [6.45, 7) is 3.12. The van der Waals surface area contributed by atoms with Gasteiger partial charge in [-0.05, 0) is 55.1 Å². The Hall–Kier alpha value is -2.74. The van der Waals surface area contributed by atoms with Crippen molar-refractivity contribution in [1.29, 1.82) is 0 Å². The van der Waals surface area contributed by atoms with Crippen molar-refractivity contribution in [2.24, 2.45) is 17.8 Å². The zero-order valence-electron chi connectivity index (χ0n) is 20.4. The molecule has 2 fully saturated rings. The van der Waals surface area contributed by atoms with Crippen molar-refractivity contribution < 1.29 is 18.7 Å². The van der Waals surface area contributed by atoms with Gasteiger partial charge in [-0.25, -0.2) is 14.4 Å². The summed E-state index contributed by atoms with van der Waals surface area (Å²) in [7, 11) is 5.01. The summed E-state index contributed by atoms with van der Waals surface area (Å²) in [5.74, 6) is 3.05. The van der Waals surface area contributed by atoms with Gasteiger partial charge in [0.1, 0.15) is 11.6 Å². The van der Waals surface area contributed by atoms with Crippen LogP contribution in [0.2, 0.25) is 0 Å². The molecule has 1 saturated heterocycles. The number of piperidine rings is 1. The van der Waals surface area contributed by atoms with E-state index in [0.717, 1.165) is 42.9 Å². The van der Waals surface area contributed by atoms with Crippen molar-refractivity contribution in [2.75, 3.05) is 45.8 Å². The molecule has 2 atom stereocenters. The summed E-state index contributed by atoms with van der Waals surface area (Å²) < 4.78 is 25.3. The topological polar surface area (TPSA) is 67.8 Å². The lowest BCUT2D eigenvalue weighted by molar-refractivity contribution is -0.128. The standard InChI is InChI=1S/C26H35FN4O3/c1-30(2)25(32)13-21-4-5-22(14-24(21)27)34-11-8-20-12-23(20)19-6-9-31(10-7-19)26-28-15-18(16-29-26)17-33-3/h4-5,14-16,19-20,23H,6-13,17H2,1-3H3/t20-,23+/m1/s1. The second kappa shape index (κ2) is 11.1. The molecule has 34 heavy (non-hydrogen) atoms. The van der Waals surface area contributed by atoms with Crippen LogP contribution in [0.4, 0.5) is 10.3 Å². The van der Waals surface area contributed by atoms with Crippen molar-refractivity contribution >= 4 is 11.9 Å². The van der Waals surface area contributed by atoms with Gasteiger partial charge in [-0.1, -0.05) is 6.07 Å². The largest absolute Gasteiger partial charge is 0.493 e. The second-order valence-corrected chi connectivity index (χ2v) is 9.66. The van der Waals surface area contributed by atoms with E-state index in [-0.39, 0.29) is 18.1 Å². The predicted molar refractivity (Wildman–Crippen MR) is 128 cm³/mol. The van der Waals surface area contributed by atoms with E-state index in [1.54, 1.807) is 33.3 Å². The van der Waals surface area contributed by atoms with Crippen molar-refractivity contribution in [3.05, 3.63) is 47.5 Å². The van der Waals surface area contributed by atoms with E-state index in [1.807, 2.05) is 12.4 Å². The summed E-state index contributed by atoms with van der Waals surface area (Å²) in [6, 6.07) is 4.79. The van der Waals surface area contributed by atoms with Crippen molar-refractivity contribution in [3.8, 4) is 5.75 Å². The minimum atomic E-state index is -0.388. The molecule has 8 heteroatoms. The Bertz CT molecular complexity index is 961. The molecule has 1 aromatic carbocycles. The predicted octanol–water partition coefficient (Wildman–Crippen LogP) is 3.71. The normalized spacial score (nSPS) is 20.3. The average molecular weight is 471 g/mol. The molecule has 7 nitrogen and oxygen atoms in total. The summed E-state index contributed by atoms with van der Waals surface area (Å²) in [6.07, 6.45) is 8.35. The van der Waals surface area contributed by atoms with Crippen LogP contribution in [-0.2, 0) is 22.6 Å². The van der Waals surface area contributed by atoms with Crippen LogP contribution in [-0.4, -0.2) is 61.7 Å². The van der Waals surface area contributed by atoms with E-state index in [2.05, 4.69) is 14.9 Å². The molecule has 1 aliphatic heterocycles. The zero-order valence-corrected chi connectivity index (χ0v) is 20.4.